The van der Waals surface area contributed by atoms with E-state index in [2.05, 4.69) is 26.1 Å². The van der Waals surface area contributed by atoms with Gasteiger partial charge in [-0.15, -0.1) is 0 Å². The van der Waals surface area contributed by atoms with Gasteiger partial charge in [-0.1, -0.05) is 13.0 Å². The first-order valence-electron chi connectivity index (χ1n) is 6.85. The fourth-order valence-corrected chi connectivity index (χ4v) is 1.41. The third kappa shape index (κ3) is 6.60. The van der Waals surface area contributed by atoms with Crippen LogP contribution in [-0.4, -0.2) is 35.0 Å². The summed E-state index contributed by atoms with van der Waals surface area (Å²) < 4.78 is 0. The van der Waals surface area contributed by atoms with E-state index in [1.165, 1.54) is 6.20 Å². The third-order valence-electron chi connectivity index (χ3n) is 2.45. The molecule has 8 nitrogen and oxygen atoms in total. The smallest absolute Gasteiger partial charge is 0.329 e. The molecule has 0 saturated carbocycles. The number of carbonyl (C=O) groups excluding carboxylic acids is 3. The summed E-state index contributed by atoms with van der Waals surface area (Å²) in [5.74, 6) is -1.73. The van der Waals surface area contributed by atoms with Crippen molar-refractivity contribution in [3.05, 3.63) is 24.4 Å². The Morgan fingerprint density at radius 3 is 2.64 bits per heavy atom. The number of amides is 3. The molecule has 118 valence electrons. The standard InChI is InChI=1S/C14H19N5O3/c1-3-7-16-12(20)9-10(2)18-19-14(22)13(21)17-11-6-4-5-8-15-11/h4-6,8H,3,7,9H2,1-2H3,(H,16,20)(H,19,22)(H,15,17,21)/b18-10-. The van der Waals surface area contributed by atoms with Gasteiger partial charge in [0.25, 0.3) is 0 Å². The number of aromatic nitrogens is 1. The fraction of sp³-hybridized carbons (Fsp3) is 0.357. The highest BCUT2D eigenvalue weighted by Crippen LogP contribution is 1.99. The maximum atomic E-state index is 11.6. The Labute approximate surface area is 128 Å². The van der Waals surface area contributed by atoms with Gasteiger partial charge < -0.3 is 10.6 Å². The monoisotopic (exact) mass is 305 g/mol. The van der Waals surface area contributed by atoms with Gasteiger partial charge >= 0.3 is 11.8 Å². The SMILES string of the molecule is CCCNC(=O)C/C(C)=N\NC(=O)C(=O)Nc1ccccn1. The molecule has 8 heteroatoms. The lowest BCUT2D eigenvalue weighted by molar-refractivity contribution is -0.136. The zero-order valence-corrected chi connectivity index (χ0v) is 12.5. The van der Waals surface area contributed by atoms with Crippen molar-refractivity contribution in [2.45, 2.75) is 26.7 Å². The quantitative estimate of drug-likeness (QED) is 0.402. The van der Waals surface area contributed by atoms with Gasteiger partial charge in [0.05, 0.1) is 6.42 Å². The van der Waals surface area contributed by atoms with Crippen LogP contribution in [0.5, 0.6) is 0 Å². The Morgan fingerprint density at radius 2 is 2.00 bits per heavy atom. The second kappa shape index (κ2) is 9.22. The molecule has 3 amide bonds. The van der Waals surface area contributed by atoms with Crippen LogP contribution in [-0.2, 0) is 14.4 Å². The molecule has 1 aromatic rings. The van der Waals surface area contributed by atoms with Gasteiger partial charge in [0.15, 0.2) is 0 Å². The molecular formula is C14H19N5O3. The lowest BCUT2D eigenvalue weighted by Crippen LogP contribution is -2.33. The Morgan fingerprint density at radius 1 is 1.23 bits per heavy atom. The molecule has 3 N–H and O–H groups in total. The first kappa shape index (κ1) is 17.3. The van der Waals surface area contributed by atoms with E-state index in [9.17, 15) is 14.4 Å². The molecule has 0 bridgehead atoms. The number of carbonyl (C=O) groups is 3. The third-order valence-corrected chi connectivity index (χ3v) is 2.45. The van der Waals surface area contributed by atoms with E-state index < -0.39 is 11.8 Å². The number of hydrazone groups is 1. The van der Waals surface area contributed by atoms with Crippen LogP contribution in [0.3, 0.4) is 0 Å². The summed E-state index contributed by atoms with van der Waals surface area (Å²) in [7, 11) is 0. The second-order valence-corrected chi connectivity index (χ2v) is 4.48. The molecule has 0 saturated heterocycles. The van der Waals surface area contributed by atoms with E-state index in [1.807, 2.05) is 6.92 Å². The minimum Gasteiger partial charge on any atom is -0.356 e. The van der Waals surface area contributed by atoms with Crippen LogP contribution in [0.25, 0.3) is 0 Å². The minimum absolute atomic E-state index is 0.0577. The van der Waals surface area contributed by atoms with Crippen molar-refractivity contribution < 1.29 is 14.4 Å². The minimum atomic E-state index is -0.932. The summed E-state index contributed by atoms with van der Waals surface area (Å²) in [6.07, 6.45) is 2.39. The van der Waals surface area contributed by atoms with E-state index in [-0.39, 0.29) is 18.1 Å². The maximum Gasteiger partial charge on any atom is 0.329 e. The largest absolute Gasteiger partial charge is 0.356 e. The molecule has 0 aliphatic carbocycles. The zero-order chi connectivity index (χ0) is 16.4. The first-order chi connectivity index (χ1) is 10.5. The molecule has 0 spiro atoms. The van der Waals surface area contributed by atoms with Gasteiger partial charge in [-0.2, -0.15) is 5.10 Å². The average molecular weight is 305 g/mol. The molecule has 1 heterocycles. The average Bonchev–Trinajstić information content (AvgIpc) is 2.51. The van der Waals surface area contributed by atoms with Crippen molar-refractivity contribution in [2.75, 3.05) is 11.9 Å². The van der Waals surface area contributed by atoms with Crippen molar-refractivity contribution in [2.24, 2.45) is 5.10 Å². The van der Waals surface area contributed by atoms with Gasteiger partial charge in [0, 0.05) is 18.5 Å². The van der Waals surface area contributed by atoms with Crippen LogP contribution in [0.15, 0.2) is 29.5 Å². The summed E-state index contributed by atoms with van der Waals surface area (Å²) in [6, 6.07) is 4.92. The highest BCUT2D eigenvalue weighted by atomic mass is 16.2. The number of rotatable bonds is 6. The second-order valence-electron chi connectivity index (χ2n) is 4.48. The number of anilines is 1. The van der Waals surface area contributed by atoms with Crippen LogP contribution in [0.4, 0.5) is 5.82 Å². The maximum absolute atomic E-state index is 11.6. The lowest BCUT2D eigenvalue weighted by atomic mass is 10.3. The van der Waals surface area contributed by atoms with Gasteiger partial charge in [-0.25, -0.2) is 10.4 Å². The molecule has 22 heavy (non-hydrogen) atoms. The van der Waals surface area contributed by atoms with Crippen molar-refractivity contribution in [3.63, 3.8) is 0 Å². The molecule has 0 fully saturated rings. The fourth-order valence-electron chi connectivity index (χ4n) is 1.41. The van der Waals surface area contributed by atoms with Crippen molar-refractivity contribution in [1.29, 1.82) is 0 Å². The Balaban J connectivity index is 2.42. The van der Waals surface area contributed by atoms with Crippen molar-refractivity contribution in [1.82, 2.24) is 15.7 Å². The summed E-state index contributed by atoms with van der Waals surface area (Å²) in [5, 5.41) is 8.72. The molecule has 0 unspecified atom stereocenters. The number of nitrogens with one attached hydrogen (secondary N) is 3. The topological polar surface area (TPSA) is 113 Å². The highest BCUT2D eigenvalue weighted by Gasteiger charge is 2.13. The van der Waals surface area contributed by atoms with Crippen LogP contribution in [0.1, 0.15) is 26.7 Å². The van der Waals surface area contributed by atoms with Crippen molar-refractivity contribution >= 4 is 29.3 Å². The van der Waals surface area contributed by atoms with Crippen LogP contribution in [0, 0.1) is 0 Å². The summed E-state index contributed by atoms with van der Waals surface area (Å²) in [5.41, 5.74) is 2.49. The van der Waals surface area contributed by atoms with Crippen LogP contribution in [0.2, 0.25) is 0 Å². The van der Waals surface area contributed by atoms with Gasteiger partial charge in [0.2, 0.25) is 5.91 Å². The molecule has 1 rings (SSSR count). The molecule has 1 aromatic heterocycles. The van der Waals surface area contributed by atoms with E-state index in [0.29, 0.717) is 12.3 Å². The van der Waals surface area contributed by atoms with E-state index >= 15 is 0 Å². The Kier molecular flexibility index (Phi) is 7.24. The van der Waals surface area contributed by atoms with Gasteiger partial charge in [-0.05, 0) is 25.5 Å². The summed E-state index contributed by atoms with van der Waals surface area (Å²) in [4.78, 5) is 38.4. The predicted octanol–water partition coefficient (Wildman–Crippen LogP) is 0.428. The van der Waals surface area contributed by atoms with E-state index in [4.69, 9.17) is 0 Å². The molecule has 0 aromatic carbocycles. The molecule has 0 aliphatic heterocycles. The molecule has 0 atom stereocenters. The lowest BCUT2D eigenvalue weighted by Gasteiger charge is -2.04. The number of nitrogens with zero attached hydrogens (tertiary/aromatic N) is 2. The molecule has 0 aliphatic rings. The number of pyridine rings is 1. The highest BCUT2D eigenvalue weighted by molar-refractivity contribution is 6.39. The summed E-state index contributed by atoms with van der Waals surface area (Å²) >= 11 is 0. The number of hydrogen-bond acceptors (Lipinski definition) is 5. The van der Waals surface area contributed by atoms with Crippen molar-refractivity contribution in [3.8, 4) is 0 Å². The molecule has 0 radical (unpaired) electrons. The summed E-state index contributed by atoms with van der Waals surface area (Å²) in [6.45, 7) is 4.12. The van der Waals surface area contributed by atoms with E-state index in [0.717, 1.165) is 6.42 Å². The normalized spacial score (nSPS) is 10.7. The number of hydrogen-bond donors (Lipinski definition) is 3. The molecular weight excluding hydrogens is 286 g/mol. The predicted molar refractivity (Wildman–Crippen MR) is 82.0 cm³/mol. The Bertz CT molecular complexity index is 557. The van der Waals surface area contributed by atoms with Crippen LogP contribution < -0.4 is 16.1 Å². The van der Waals surface area contributed by atoms with E-state index in [1.54, 1.807) is 25.1 Å². The zero-order valence-electron chi connectivity index (χ0n) is 12.5. The van der Waals surface area contributed by atoms with Crippen LogP contribution >= 0.6 is 0 Å². The first-order valence-corrected chi connectivity index (χ1v) is 6.85. The van der Waals surface area contributed by atoms with Gasteiger partial charge in [-0.3, -0.25) is 14.4 Å². The Hall–Kier alpha value is -2.77. The van der Waals surface area contributed by atoms with Gasteiger partial charge in [0.1, 0.15) is 5.82 Å².